The summed E-state index contributed by atoms with van der Waals surface area (Å²) in [5.41, 5.74) is 0.593. The third kappa shape index (κ3) is 5.08. The lowest BCUT2D eigenvalue weighted by atomic mass is 9.79. The van der Waals surface area contributed by atoms with Gasteiger partial charge in [0.1, 0.15) is 6.04 Å². The van der Waals surface area contributed by atoms with Gasteiger partial charge in [-0.15, -0.1) is 0 Å². The fourth-order valence-electron chi connectivity index (χ4n) is 4.19. The van der Waals surface area contributed by atoms with Gasteiger partial charge in [-0.2, -0.15) is 0 Å². The quantitative estimate of drug-likeness (QED) is 0.800. The maximum absolute atomic E-state index is 12.6. The number of morpholine rings is 1. The second-order valence-electron chi connectivity index (χ2n) is 7.66. The molecule has 1 atom stereocenters. The minimum absolute atomic E-state index is 0.0286. The van der Waals surface area contributed by atoms with Crippen LogP contribution < -0.4 is 10.6 Å². The fraction of sp³-hybridized carbons (Fsp3) is 0.619. The zero-order chi connectivity index (χ0) is 19.1. The van der Waals surface area contributed by atoms with E-state index in [-0.39, 0.29) is 17.4 Å². The Hall–Kier alpha value is -1.92. The summed E-state index contributed by atoms with van der Waals surface area (Å²) in [6.45, 7) is 5.75. The van der Waals surface area contributed by atoms with Crippen LogP contribution in [0.25, 0.3) is 0 Å². The molecule has 1 heterocycles. The number of nitrogens with one attached hydrogen (secondary N) is 2. The van der Waals surface area contributed by atoms with Crippen molar-refractivity contribution in [2.24, 2.45) is 0 Å². The molecule has 148 valence electrons. The standard InChI is InChI=1S/C21H31N3O3/c1-17(23-20(26)18-8-4-2-5-9-18)19(25)22-16-21(10-6-3-7-11-21)24-12-14-27-15-13-24/h2,4-5,8-9,17H,3,6-7,10-16H2,1H3,(H,22,25)(H,23,26)/t17-/m0/s1. The molecule has 27 heavy (non-hydrogen) atoms. The molecule has 2 fully saturated rings. The second kappa shape index (κ2) is 9.33. The molecule has 3 rings (SSSR count). The van der Waals surface area contributed by atoms with E-state index in [4.69, 9.17) is 4.74 Å². The minimum Gasteiger partial charge on any atom is -0.379 e. The Morgan fingerprint density at radius 3 is 2.44 bits per heavy atom. The van der Waals surface area contributed by atoms with Crippen molar-refractivity contribution in [1.29, 1.82) is 0 Å². The average Bonchev–Trinajstić information content (AvgIpc) is 2.74. The van der Waals surface area contributed by atoms with Gasteiger partial charge >= 0.3 is 0 Å². The molecule has 1 aromatic rings. The van der Waals surface area contributed by atoms with Gasteiger partial charge in [0.15, 0.2) is 0 Å². The molecule has 6 nitrogen and oxygen atoms in total. The number of nitrogens with zero attached hydrogens (tertiary/aromatic N) is 1. The van der Waals surface area contributed by atoms with Crippen LogP contribution in [0.2, 0.25) is 0 Å². The predicted octanol–water partition coefficient (Wildman–Crippen LogP) is 1.96. The second-order valence-corrected chi connectivity index (χ2v) is 7.66. The van der Waals surface area contributed by atoms with Crippen molar-refractivity contribution in [2.75, 3.05) is 32.8 Å². The van der Waals surface area contributed by atoms with Crippen LogP contribution in [0.15, 0.2) is 30.3 Å². The summed E-state index contributed by atoms with van der Waals surface area (Å²) in [6, 6.07) is 8.42. The smallest absolute Gasteiger partial charge is 0.251 e. The molecular formula is C21H31N3O3. The molecule has 1 saturated heterocycles. The Labute approximate surface area is 161 Å². The number of carbonyl (C=O) groups excluding carboxylic acids is 2. The Kier molecular flexibility index (Phi) is 6.85. The van der Waals surface area contributed by atoms with Crippen LogP contribution >= 0.6 is 0 Å². The summed E-state index contributed by atoms with van der Waals surface area (Å²) < 4.78 is 5.51. The molecule has 1 saturated carbocycles. The number of carbonyl (C=O) groups is 2. The molecule has 1 aromatic carbocycles. The molecule has 0 aromatic heterocycles. The SMILES string of the molecule is C[C@H](NC(=O)c1ccccc1)C(=O)NCC1(N2CCOCC2)CCCCC1. The molecule has 2 amide bonds. The first-order valence-corrected chi connectivity index (χ1v) is 10.1. The third-order valence-electron chi connectivity index (χ3n) is 5.83. The van der Waals surface area contributed by atoms with Crippen molar-refractivity contribution in [2.45, 2.75) is 50.6 Å². The van der Waals surface area contributed by atoms with Crippen molar-refractivity contribution in [3.8, 4) is 0 Å². The summed E-state index contributed by atoms with van der Waals surface area (Å²) in [4.78, 5) is 27.4. The fourth-order valence-corrected chi connectivity index (χ4v) is 4.19. The van der Waals surface area contributed by atoms with Crippen molar-refractivity contribution < 1.29 is 14.3 Å². The van der Waals surface area contributed by atoms with E-state index < -0.39 is 6.04 Å². The van der Waals surface area contributed by atoms with E-state index in [0.29, 0.717) is 12.1 Å². The number of hydrogen-bond acceptors (Lipinski definition) is 4. The minimum atomic E-state index is -0.567. The van der Waals surface area contributed by atoms with E-state index in [0.717, 1.165) is 39.1 Å². The van der Waals surface area contributed by atoms with Gasteiger partial charge in [-0.05, 0) is 31.9 Å². The van der Waals surface area contributed by atoms with Crippen molar-refractivity contribution >= 4 is 11.8 Å². The molecular weight excluding hydrogens is 342 g/mol. The number of amides is 2. The number of benzene rings is 1. The van der Waals surface area contributed by atoms with Gasteiger partial charge in [0, 0.05) is 30.7 Å². The zero-order valence-corrected chi connectivity index (χ0v) is 16.2. The van der Waals surface area contributed by atoms with Crippen LogP contribution in [-0.4, -0.2) is 61.1 Å². The topological polar surface area (TPSA) is 70.7 Å². The predicted molar refractivity (Wildman–Crippen MR) is 105 cm³/mol. The van der Waals surface area contributed by atoms with Crippen LogP contribution in [0, 0.1) is 0 Å². The normalized spacial score (nSPS) is 21.2. The van der Waals surface area contributed by atoms with Crippen molar-refractivity contribution in [3.63, 3.8) is 0 Å². The van der Waals surface area contributed by atoms with E-state index in [2.05, 4.69) is 15.5 Å². The zero-order valence-electron chi connectivity index (χ0n) is 16.2. The van der Waals surface area contributed by atoms with Crippen LogP contribution in [0.3, 0.4) is 0 Å². The van der Waals surface area contributed by atoms with Crippen LogP contribution in [0.1, 0.15) is 49.4 Å². The summed E-state index contributed by atoms with van der Waals surface area (Å²) >= 11 is 0. The lowest BCUT2D eigenvalue weighted by Gasteiger charge is -2.48. The van der Waals surface area contributed by atoms with E-state index in [1.807, 2.05) is 18.2 Å². The first kappa shape index (κ1) is 19.8. The molecule has 1 aliphatic heterocycles. The number of rotatable bonds is 6. The van der Waals surface area contributed by atoms with E-state index in [9.17, 15) is 9.59 Å². The van der Waals surface area contributed by atoms with Crippen LogP contribution in [-0.2, 0) is 9.53 Å². The van der Waals surface area contributed by atoms with Crippen LogP contribution in [0.4, 0.5) is 0 Å². The van der Waals surface area contributed by atoms with Crippen molar-refractivity contribution in [1.82, 2.24) is 15.5 Å². The summed E-state index contributed by atoms with van der Waals surface area (Å²) in [5.74, 6) is -0.351. The highest BCUT2D eigenvalue weighted by Gasteiger charge is 2.39. The van der Waals surface area contributed by atoms with Gasteiger partial charge in [0.05, 0.1) is 13.2 Å². The highest BCUT2D eigenvalue weighted by molar-refractivity contribution is 5.97. The van der Waals surface area contributed by atoms with Gasteiger partial charge < -0.3 is 15.4 Å². The van der Waals surface area contributed by atoms with Crippen molar-refractivity contribution in [3.05, 3.63) is 35.9 Å². The molecule has 0 bridgehead atoms. The third-order valence-corrected chi connectivity index (χ3v) is 5.83. The molecule has 0 spiro atoms. The molecule has 1 aliphatic carbocycles. The Morgan fingerprint density at radius 1 is 1.11 bits per heavy atom. The maximum atomic E-state index is 12.6. The molecule has 2 aliphatic rings. The van der Waals surface area contributed by atoms with Crippen LogP contribution in [0.5, 0.6) is 0 Å². The van der Waals surface area contributed by atoms with Gasteiger partial charge in [0.2, 0.25) is 5.91 Å². The monoisotopic (exact) mass is 373 g/mol. The molecule has 2 N–H and O–H groups in total. The molecule has 0 unspecified atom stereocenters. The first-order chi connectivity index (χ1) is 13.1. The van der Waals surface area contributed by atoms with E-state index in [1.54, 1.807) is 19.1 Å². The van der Waals surface area contributed by atoms with E-state index in [1.165, 1.54) is 19.3 Å². The van der Waals surface area contributed by atoms with E-state index >= 15 is 0 Å². The summed E-state index contributed by atoms with van der Waals surface area (Å²) in [6.07, 6.45) is 5.89. The Morgan fingerprint density at radius 2 is 1.78 bits per heavy atom. The lowest BCUT2D eigenvalue weighted by molar-refractivity contribution is -0.123. The van der Waals surface area contributed by atoms with Gasteiger partial charge in [0.25, 0.3) is 5.91 Å². The number of hydrogen-bond donors (Lipinski definition) is 2. The molecule has 0 radical (unpaired) electrons. The van der Waals surface area contributed by atoms with Gasteiger partial charge in [-0.1, -0.05) is 37.5 Å². The summed E-state index contributed by atoms with van der Waals surface area (Å²) in [7, 11) is 0. The largest absolute Gasteiger partial charge is 0.379 e. The highest BCUT2D eigenvalue weighted by atomic mass is 16.5. The average molecular weight is 373 g/mol. The molecule has 6 heteroatoms. The van der Waals surface area contributed by atoms with Gasteiger partial charge in [-0.25, -0.2) is 0 Å². The Bertz CT molecular complexity index is 623. The highest BCUT2D eigenvalue weighted by Crippen LogP contribution is 2.33. The Balaban J connectivity index is 1.56. The lowest BCUT2D eigenvalue weighted by Crippen LogP contribution is -2.60. The summed E-state index contributed by atoms with van der Waals surface area (Å²) in [5, 5.41) is 5.90. The number of ether oxygens (including phenoxy) is 1. The first-order valence-electron chi connectivity index (χ1n) is 10.1. The maximum Gasteiger partial charge on any atom is 0.251 e. The van der Waals surface area contributed by atoms with Gasteiger partial charge in [-0.3, -0.25) is 14.5 Å².